The highest BCUT2D eigenvalue weighted by Crippen LogP contribution is 2.58. The van der Waals surface area contributed by atoms with Gasteiger partial charge in [0.15, 0.2) is 0 Å². The second-order valence-electron chi connectivity index (χ2n) is 41.6. The maximum Gasteiger partial charge on any atom is 0.0159 e. The Morgan fingerprint density at radius 3 is 0.673 bits per heavy atom. The molecule has 0 saturated carbocycles. The lowest BCUT2D eigenvalue weighted by atomic mass is 9.79. The second kappa shape index (κ2) is 34.6. The molecule has 0 amide bonds. The van der Waals surface area contributed by atoms with E-state index in [1.54, 1.807) is 0 Å². The van der Waals surface area contributed by atoms with Crippen LogP contribution in [0.15, 0.2) is 516 Å². The third kappa shape index (κ3) is 14.5. The smallest absolute Gasteiger partial charge is 0.0159 e. The highest BCUT2D eigenvalue weighted by Gasteiger charge is 2.40. The average Bonchev–Trinajstić information content (AvgIpc) is 1.59. The lowest BCUT2D eigenvalue weighted by molar-refractivity contribution is 0.661. The van der Waals surface area contributed by atoms with Gasteiger partial charge in [0.25, 0.3) is 0 Å². The van der Waals surface area contributed by atoms with Crippen LogP contribution in [0.4, 0.5) is 0 Å². The Bertz CT molecular complexity index is 10400. The van der Waals surface area contributed by atoms with Gasteiger partial charge in [0, 0.05) is 10.8 Å². The van der Waals surface area contributed by atoms with Crippen LogP contribution in [0, 0.1) is 6.92 Å². The molecule has 0 saturated heterocycles. The fourth-order valence-corrected chi connectivity index (χ4v) is 25.2. The van der Waals surface area contributed by atoms with Crippen LogP contribution < -0.4 is 0 Å². The molecule has 30 rings (SSSR count). The van der Waals surface area contributed by atoms with Gasteiger partial charge in [-0.25, -0.2) is 0 Å². The number of hydrogen-bond acceptors (Lipinski definition) is 0. The summed E-state index contributed by atoms with van der Waals surface area (Å²) in [6.45, 7) is 11.8. The molecule has 0 heteroatoms. The zero-order valence-corrected chi connectivity index (χ0v) is 82.6. The molecule has 0 unspecified atom stereocenters. The first-order valence-electron chi connectivity index (χ1n) is 51.6. The van der Waals surface area contributed by atoms with Crippen molar-refractivity contribution in [3.8, 4) is 122 Å². The van der Waals surface area contributed by atoms with Gasteiger partial charge in [-0.05, 0) is 375 Å². The van der Waals surface area contributed by atoms with Crippen LogP contribution in [0.1, 0.15) is 55.5 Å². The highest BCUT2D eigenvalue weighted by molar-refractivity contribution is 6.27. The summed E-state index contributed by atoms with van der Waals surface area (Å²) in [4.78, 5) is 0. The second-order valence-corrected chi connectivity index (χ2v) is 41.6. The predicted octanol–water partition coefficient (Wildman–Crippen LogP) is 41.1. The van der Waals surface area contributed by atoms with E-state index in [1.165, 1.54) is 301 Å². The molecule has 0 aliphatic heterocycles. The fraction of sp³-hybridized carbons (Fsp3) is 0.0476. The summed E-state index contributed by atoms with van der Waals surface area (Å²) in [5, 5.41) is 35.8. The predicted molar refractivity (Wildman–Crippen MR) is 633 cm³/mol. The van der Waals surface area contributed by atoms with E-state index in [0.717, 1.165) is 0 Å². The van der Waals surface area contributed by atoms with E-state index < -0.39 is 0 Å². The fourth-order valence-electron chi connectivity index (χ4n) is 25.2. The van der Waals surface area contributed by atoms with Crippen LogP contribution in [-0.4, -0.2) is 0 Å². The monoisotopic (exact) mass is 1860 g/mol. The van der Waals surface area contributed by atoms with Crippen LogP contribution in [-0.2, 0) is 10.8 Å². The molecule has 2 aliphatic carbocycles. The van der Waals surface area contributed by atoms with E-state index in [1.807, 2.05) is 0 Å². The van der Waals surface area contributed by atoms with Crippen molar-refractivity contribution in [1.82, 2.24) is 0 Å². The number of benzene rings is 28. The lowest BCUT2D eigenvalue weighted by Gasteiger charge is -2.24. The highest BCUT2D eigenvalue weighted by atomic mass is 14.4. The van der Waals surface area contributed by atoms with Gasteiger partial charge in [-0.1, -0.05) is 476 Å². The molecule has 0 radical (unpaired) electrons. The van der Waals surface area contributed by atoms with Crippen molar-refractivity contribution in [3.05, 3.63) is 543 Å². The first-order valence-corrected chi connectivity index (χ1v) is 51.6. The number of hydrogen-bond donors (Lipinski definition) is 0. The van der Waals surface area contributed by atoms with Gasteiger partial charge in [-0.3, -0.25) is 0 Å². The number of rotatable bonds is 9. The van der Waals surface area contributed by atoms with Crippen LogP contribution in [0.5, 0.6) is 0 Å². The maximum absolute atomic E-state index is 2.55. The average molecular weight is 1870 g/mol. The zero-order chi connectivity index (χ0) is 97.9. The minimum atomic E-state index is -0.201. The van der Waals surface area contributed by atoms with E-state index in [4.69, 9.17) is 0 Å². The lowest BCUT2D eigenvalue weighted by Crippen LogP contribution is -2.15. The van der Waals surface area contributed by atoms with Crippen LogP contribution in [0.25, 0.3) is 273 Å². The van der Waals surface area contributed by atoms with E-state index in [0.29, 0.717) is 0 Å². The van der Waals surface area contributed by atoms with Crippen molar-refractivity contribution >= 4 is 151 Å². The van der Waals surface area contributed by atoms with Crippen molar-refractivity contribution in [2.24, 2.45) is 0 Å². The van der Waals surface area contributed by atoms with Gasteiger partial charge >= 0.3 is 0 Å². The molecule has 2 aliphatic rings. The van der Waals surface area contributed by atoms with Crippen LogP contribution in [0.2, 0.25) is 0 Å². The van der Waals surface area contributed by atoms with Gasteiger partial charge in [0.05, 0.1) is 0 Å². The Kier molecular flexibility index (Phi) is 20.4. The maximum atomic E-state index is 2.55. The topological polar surface area (TPSA) is 0 Å². The molecule has 0 bridgehead atoms. The molecule has 0 N–H and O–H groups in total. The Hall–Kier alpha value is -18.2. The minimum absolute atomic E-state index is 0.186. The van der Waals surface area contributed by atoms with Gasteiger partial charge in [-0.15, -0.1) is 0 Å². The molecule has 0 spiro atoms. The Balaban J connectivity index is 0.000000110. The standard InChI is InChI=1S/C59H40.C53H36.C35H24/c1-59(2)55-34-44(39-22-26-41(27-23-39)48-21-11-17-40-14-7-8-18-47(40)48)30-31-49(55)52-35-53-54(36-56(52)59)58(46-29-25-38-13-4-6-16-43(38)33-46)51-20-10-9-19-50(51)57(53)45-28-24-37-12-3-5-15-42(37)32-45;1-53(2)49-30-38(42-21-11-17-35-14-7-8-18-41(35)42)26-27-43(49)46-31-47-48(32-50(46)53)52(40-25-23-34-13-4-6-16-37(34)29-40)45-20-10-9-19-44(45)51(47)39-24-22-33-12-3-5-15-36(33)28-39;1-23-14-19-32-33(20-23)35(29-18-16-25-9-3-5-11-27(25)22-29)31-13-7-6-12-30(31)34(32)28-17-15-24-8-2-4-10-26(24)21-28/h3-36H,1-2H3;3-32H,1-2H3;2-22H,1H3. The summed E-state index contributed by atoms with van der Waals surface area (Å²) < 4.78 is 0. The summed E-state index contributed by atoms with van der Waals surface area (Å²) in [5.74, 6) is 0. The first-order chi connectivity index (χ1) is 72.3. The Morgan fingerprint density at radius 2 is 0.340 bits per heavy atom. The molecule has 147 heavy (non-hydrogen) atoms. The third-order valence-corrected chi connectivity index (χ3v) is 32.5. The van der Waals surface area contributed by atoms with E-state index in [9.17, 15) is 0 Å². The molecule has 28 aromatic rings. The quantitative estimate of drug-likeness (QED) is 0.126. The molecule has 28 aromatic carbocycles. The van der Waals surface area contributed by atoms with Crippen molar-refractivity contribution in [2.45, 2.75) is 45.4 Å². The van der Waals surface area contributed by atoms with Crippen LogP contribution in [0.3, 0.4) is 0 Å². The van der Waals surface area contributed by atoms with Gasteiger partial charge in [-0.2, -0.15) is 0 Å². The van der Waals surface area contributed by atoms with E-state index >= 15 is 0 Å². The molecular formula is C147H100. The van der Waals surface area contributed by atoms with E-state index in [-0.39, 0.29) is 10.8 Å². The minimum Gasteiger partial charge on any atom is -0.0616 e. The van der Waals surface area contributed by atoms with Gasteiger partial charge in [0.1, 0.15) is 0 Å². The molecule has 0 nitrogen and oxygen atoms in total. The third-order valence-electron chi connectivity index (χ3n) is 32.5. The van der Waals surface area contributed by atoms with Crippen LogP contribution >= 0.6 is 0 Å². The summed E-state index contributed by atoms with van der Waals surface area (Å²) in [5.41, 5.74) is 34.6. The molecule has 688 valence electrons. The summed E-state index contributed by atoms with van der Waals surface area (Å²) in [6.07, 6.45) is 0. The van der Waals surface area contributed by atoms with Crippen molar-refractivity contribution in [3.63, 3.8) is 0 Å². The van der Waals surface area contributed by atoms with Crippen molar-refractivity contribution < 1.29 is 0 Å². The Labute approximate surface area is 855 Å². The Morgan fingerprint density at radius 1 is 0.116 bits per heavy atom. The SMILES string of the molecule is CC1(C)c2cc(-c3ccc(-c4cccc5ccccc45)cc3)ccc2-c2cc3c(-c4ccc5ccccc5c4)c4ccccc4c(-c4ccc5ccccc5c4)c3cc21.CC1(C)c2cc(-c3cccc4ccccc34)ccc2-c2cc3c(-c4ccc5ccccc5c4)c4ccccc4c(-c4ccc5ccccc5c4)c3cc21.Cc1ccc2c(-c3ccc4ccccc4c3)c3ccccc3c(-c3ccc4ccccc4c3)c2c1. The summed E-state index contributed by atoms with van der Waals surface area (Å²) in [6, 6.07) is 192. The molecule has 0 fully saturated rings. The molecule has 0 heterocycles. The zero-order valence-electron chi connectivity index (χ0n) is 82.6. The van der Waals surface area contributed by atoms with Crippen molar-refractivity contribution in [2.75, 3.05) is 0 Å². The summed E-state index contributed by atoms with van der Waals surface area (Å²) in [7, 11) is 0. The summed E-state index contributed by atoms with van der Waals surface area (Å²) >= 11 is 0. The van der Waals surface area contributed by atoms with Crippen molar-refractivity contribution in [1.29, 1.82) is 0 Å². The molecule has 0 atom stereocenters. The molecular weight excluding hydrogens is 1770 g/mol. The normalized spacial score (nSPS) is 12.8. The van der Waals surface area contributed by atoms with Gasteiger partial charge < -0.3 is 0 Å². The van der Waals surface area contributed by atoms with Gasteiger partial charge in [0.2, 0.25) is 0 Å². The largest absolute Gasteiger partial charge is 0.0616 e. The number of fused-ring (bicyclic) bond motifs is 20. The first kappa shape index (κ1) is 86.7. The van der Waals surface area contributed by atoms with E-state index in [2.05, 4.69) is 550 Å². The molecule has 0 aromatic heterocycles. The number of aryl methyl sites for hydroxylation is 1.